The van der Waals surface area contributed by atoms with Gasteiger partial charge in [0, 0.05) is 39.8 Å². The predicted octanol–water partition coefficient (Wildman–Crippen LogP) is 3.08. The van der Waals surface area contributed by atoms with Crippen LogP contribution in [0, 0.1) is 0 Å². The number of carbonyl (C=O) groups is 1. The van der Waals surface area contributed by atoms with Crippen molar-refractivity contribution >= 4 is 11.9 Å². The molecule has 0 aliphatic heterocycles. The number of nitrogens with zero attached hydrogens (tertiary/aromatic N) is 2. The summed E-state index contributed by atoms with van der Waals surface area (Å²) in [4.78, 5) is 17.8. The lowest BCUT2D eigenvalue weighted by Crippen LogP contribution is -2.37. The lowest BCUT2D eigenvalue weighted by molar-refractivity contribution is 0.0827. The van der Waals surface area contributed by atoms with E-state index in [0.29, 0.717) is 12.1 Å². The zero-order valence-electron chi connectivity index (χ0n) is 18.0. The van der Waals surface area contributed by atoms with Gasteiger partial charge in [-0.05, 0) is 55.7 Å². The molecule has 0 spiro atoms. The first-order valence-corrected chi connectivity index (χ1v) is 9.89. The average molecular weight is 397 g/mol. The van der Waals surface area contributed by atoms with E-state index in [1.807, 2.05) is 50.2 Å². The molecule has 0 aromatic heterocycles. The van der Waals surface area contributed by atoms with E-state index in [0.717, 1.165) is 30.2 Å². The van der Waals surface area contributed by atoms with Gasteiger partial charge in [0.05, 0.1) is 6.10 Å². The van der Waals surface area contributed by atoms with Gasteiger partial charge in [0.2, 0.25) is 0 Å². The molecule has 2 N–H and O–H groups in total. The number of hydrogen-bond acceptors (Lipinski definition) is 3. The van der Waals surface area contributed by atoms with E-state index >= 15 is 0 Å². The number of ether oxygens (including phenoxy) is 1. The minimum absolute atomic E-state index is 0.00536. The fraction of sp³-hybridized carbons (Fsp3) is 0.391. The van der Waals surface area contributed by atoms with Gasteiger partial charge in [-0.3, -0.25) is 9.79 Å². The second-order valence-electron chi connectivity index (χ2n) is 7.31. The molecule has 0 aliphatic rings. The van der Waals surface area contributed by atoms with Crippen LogP contribution < -0.4 is 15.4 Å². The Kier molecular flexibility index (Phi) is 8.52. The Morgan fingerprint density at radius 2 is 1.62 bits per heavy atom. The summed E-state index contributed by atoms with van der Waals surface area (Å²) < 4.78 is 5.67. The first kappa shape index (κ1) is 22.3. The van der Waals surface area contributed by atoms with E-state index in [1.54, 1.807) is 26.0 Å². The van der Waals surface area contributed by atoms with Crippen molar-refractivity contribution in [2.75, 3.05) is 27.7 Å². The molecule has 0 fully saturated rings. The highest BCUT2D eigenvalue weighted by Gasteiger charge is 2.07. The Hall–Kier alpha value is -3.02. The second kappa shape index (κ2) is 11.1. The molecule has 6 nitrogen and oxygen atoms in total. The van der Waals surface area contributed by atoms with Crippen molar-refractivity contribution in [2.24, 2.45) is 4.99 Å². The van der Waals surface area contributed by atoms with Gasteiger partial charge >= 0.3 is 0 Å². The predicted molar refractivity (Wildman–Crippen MR) is 119 cm³/mol. The van der Waals surface area contributed by atoms with Crippen LogP contribution in [-0.4, -0.2) is 50.6 Å². The van der Waals surface area contributed by atoms with Crippen molar-refractivity contribution in [3.05, 3.63) is 65.2 Å². The summed E-state index contributed by atoms with van der Waals surface area (Å²) in [5.74, 6) is 1.65. The third-order valence-electron chi connectivity index (χ3n) is 4.29. The van der Waals surface area contributed by atoms with Gasteiger partial charge in [0.1, 0.15) is 5.75 Å². The summed E-state index contributed by atoms with van der Waals surface area (Å²) in [6.45, 7) is 5.46. The van der Waals surface area contributed by atoms with Crippen molar-refractivity contribution in [2.45, 2.75) is 32.9 Å². The highest BCUT2D eigenvalue weighted by molar-refractivity contribution is 5.93. The summed E-state index contributed by atoms with van der Waals surface area (Å²) in [6.07, 6.45) is 1.07. The molecule has 0 unspecified atom stereocenters. The summed E-state index contributed by atoms with van der Waals surface area (Å²) >= 11 is 0. The summed E-state index contributed by atoms with van der Waals surface area (Å²) in [6, 6.07) is 15.8. The van der Waals surface area contributed by atoms with Crippen molar-refractivity contribution in [3.8, 4) is 5.75 Å². The maximum Gasteiger partial charge on any atom is 0.253 e. The zero-order chi connectivity index (χ0) is 21.2. The Morgan fingerprint density at radius 1 is 1.00 bits per heavy atom. The molecule has 2 aromatic carbocycles. The zero-order valence-corrected chi connectivity index (χ0v) is 18.0. The lowest BCUT2D eigenvalue weighted by Gasteiger charge is -2.13. The third-order valence-corrected chi connectivity index (χ3v) is 4.29. The van der Waals surface area contributed by atoms with Crippen LogP contribution in [0.4, 0.5) is 0 Å². The van der Waals surface area contributed by atoms with Gasteiger partial charge in [-0.15, -0.1) is 0 Å². The van der Waals surface area contributed by atoms with E-state index in [-0.39, 0.29) is 12.0 Å². The van der Waals surface area contributed by atoms with Crippen LogP contribution in [0.1, 0.15) is 35.3 Å². The van der Waals surface area contributed by atoms with Gasteiger partial charge in [-0.2, -0.15) is 0 Å². The van der Waals surface area contributed by atoms with Gasteiger partial charge in [-0.25, -0.2) is 0 Å². The second-order valence-corrected chi connectivity index (χ2v) is 7.31. The number of aliphatic imine (C=N–C) groups is 1. The van der Waals surface area contributed by atoms with Crippen LogP contribution in [0.2, 0.25) is 0 Å². The molecule has 0 aliphatic carbocycles. The smallest absolute Gasteiger partial charge is 0.253 e. The Labute approximate surface area is 174 Å². The standard InChI is InChI=1S/C23H32N4O2/c1-17(2)29-21-12-8-18(9-13-21)14-15-25-23(24-3)26-16-19-6-10-20(11-7-19)22(28)27(4)5/h6-13,17H,14-16H2,1-5H3,(H2,24,25,26). The molecule has 0 atom stereocenters. The van der Waals surface area contributed by atoms with Crippen molar-refractivity contribution in [3.63, 3.8) is 0 Å². The van der Waals surface area contributed by atoms with E-state index in [9.17, 15) is 4.79 Å². The van der Waals surface area contributed by atoms with Crippen LogP contribution in [0.5, 0.6) is 5.75 Å². The molecule has 156 valence electrons. The average Bonchev–Trinajstić information content (AvgIpc) is 2.71. The van der Waals surface area contributed by atoms with Crippen LogP contribution in [0.3, 0.4) is 0 Å². The van der Waals surface area contributed by atoms with Gasteiger partial charge in [0.25, 0.3) is 5.91 Å². The summed E-state index contributed by atoms with van der Waals surface area (Å²) in [5.41, 5.74) is 3.01. The van der Waals surface area contributed by atoms with E-state index in [1.165, 1.54) is 5.56 Å². The minimum Gasteiger partial charge on any atom is -0.491 e. The van der Waals surface area contributed by atoms with Crippen LogP contribution in [-0.2, 0) is 13.0 Å². The first-order chi connectivity index (χ1) is 13.9. The topological polar surface area (TPSA) is 66.0 Å². The summed E-state index contributed by atoms with van der Waals surface area (Å²) in [7, 11) is 5.26. The maximum absolute atomic E-state index is 11.9. The van der Waals surface area contributed by atoms with Gasteiger partial charge in [-0.1, -0.05) is 24.3 Å². The molecule has 0 heterocycles. The number of nitrogens with one attached hydrogen (secondary N) is 2. The fourth-order valence-corrected chi connectivity index (χ4v) is 2.76. The summed E-state index contributed by atoms with van der Waals surface area (Å²) in [5, 5.41) is 6.62. The third kappa shape index (κ3) is 7.49. The molecular weight excluding hydrogens is 364 g/mol. The molecule has 2 aromatic rings. The SMILES string of the molecule is CN=C(NCCc1ccc(OC(C)C)cc1)NCc1ccc(C(=O)N(C)C)cc1. The monoisotopic (exact) mass is 396 g/mol. The molecule has 1 amide bonds. The number of hydrogen-bond donors (Lipinski definition) is 2. The van der Waals surface area contributed by atoms with Gasteiger partial charge in [0.15, 0.2) is 5.96 Å². The number of guanidine groups is 1. The van der Waals surface area contributed by atoms with Crippen LogP contribution >= 0.6 is 0 Å². The van der Waals surface area contributed by atoms with Gasteiger partial charge < -0.3 is 20.3 Å². The van der Waals surface area contributed by atoms with E-state index in [2.05, 4.69) is 27.8 Å². The number of benzene rings is 2. The van der Waals surface area contributed by atoms with Crippen molar-refractivity contribution in [1.29, 1.82) is 0 Å². The quantitative estimate of drug-likeness (QED) is 0.532. The highest BCUT2D eigenvalue weighted by Crippen LogP contribution is 2.14. The Morgan fingerprint density at radius 3 is 2.17 bits per heavy atom. The highest BCUT2D eigenvalue weighted by atomic mass is 16.5. The van der Waals surface area contributed by atoms with Crippen LogP contribution in [0.15, 0.2) is 53.5 Å². The molecule has 0 saturated heterocycles. The Bertz CT molecular complexity index is 797. The molecule has 6 heteroatoms. The molecule has 0 bridgehead atoms. The van der Waals surface area contributed by atoms with Crippen molar-refractivity contribution < 1.29 is 9.53 Å². The molecular formula is C23H32N4O2. The Balaban J connectivity index is 1.77. The number of rotatable bonds is 8. The van der Waals surface area contributed by atoms with Crippen molar-refractivity contribution in [1.82, 2.24) is 15.5 Å². The molecule has 0 saturated carbocycles. The molecule has 2 rings (SSSR count). The van der Waals surface area contributed by atoms with E-state index < -0.39 is 0 Å². The van der Waals surface area contributed by atoms with E-state index in [4.69, 9.17) is 4.74 Å². The minimum atomic E-state index is 0.00536. The number of amides is 1. The largest absolute Gasteiger partial charge is 0.491 e. The molecule has 29 heavy (non-hydrogen) atoms. The molecule has 0 radical (unpaired) electrons. The van der Waals surface area contributed by atoms with Crippen LogP contribution in [0.25, 0.3) is 0 Å². The normalized spacial score (nSPS) is 11.3. The lowest BCUT2D eigenvalue weighted by atomic mass is 10.1. The maximum atomic E-state index is 11.9. The fourth-order valence-electron chi connectivity index (χ4n) is 2.76. The number of carbonyl (C=O) groups excluding carboxylic acids is 1. The first-order valence-electron chi connectivity index (χ1n) is 9.89.